The summed E-state index contributed by atoms with van der Waals surface area (Å²) in [7, 11) is 1.73. The monoisotopic (exact) mass is 285 g/mol. The minimum Gasteiger partial charge on any atom is -0.385 e. The molecule has 0 fully saturated rings. The third-order valence-electron chi connectivity index (χ3n) is 2.89. The van der Waals surface area contributed by atoms with Crippen molar-refractivity contribution >= 4 is 15.9 Å². The fraction of sp³-hybridized carbons (Fsp3) is 0.538. The second kappa shape index (κ2) is 7.05. The zero-order chi connectivity index (χ0) is 12.0. The van der Waals surface area contributed by atoms with E-state index < -0.39 is 0 Å². The number of rotatable bonds is 6. The summed E-state index contributed by atoms with van der Waals surface area (Å²) in [6, 6.07) is 8.56. The summed E-state index contributed by atoms with van der Waals surface area (Å²) in [5.41, 5.74) is 7.45. The Hall–Kier alpha value is -0.380. The number of hydrogen-bond donors (Lipinski definition) is 1. The minimum atomic E-state index is 0.205. The Morgan fingerprint density at radius 1 is 1.31 bits per heavy atom. The standard InChI is InChI=1S/C13H20BrNO/c1-10(7-8-16-2)13(15)9-11-3-5-12(14)6-4-11/h3-6,10,13H,7-9,15H2,1-2H3. The Bertz CT molecular complexity index is 299. The predicted octanol–water partition coefficient (Wildman–Crippen LogP) is 2.99. The number of methoxy groups -OCH3 is 1. The number of hydrogen-bond acceptors (Lipinski definition) is 2. The highest BCUT2D eigenvalue weighted by Crippen LogP contribution is 2.15. The number of benzene rings is 1. The Morgan fingerprint density at radius 3 is 2.50 bits per heavy atom. The second-order valence-electron chi connectivity index (χ2n) is 4.25. The Kier molecular flexibility index (Phi) is 6.03. The molecule has 2 atom stereocenters. The molecule has 0 radical (unpaired) electrons. The molecule has 0 heterocycles. The van der Waals surface area contributed by atoms with Gasteiger partial charge in [0.05, 0.1) is 0 Å². The maximum absolute atomic E-state index is 6.16. The third kappa shape index (κ3) is 4.64. The molecule has 0 saturated carbocycles. The van der Waals surface area contributed by atoms with Gasteiger partial charge in [-0.15, -0.1) is 0 Å². The van der Waals surface area contributed by atoms with Crippen LogP contribution >= 0.6 is 15.9 Å². The smallest absolute Gasteiger partial charge is 0.0465 e. The van der Waals surface area contributed by atoms with Crippen molar-refractivity contribution < 1.29 is 4.74 Å². The van der Waals surface area contributed by atoms with E-state index in [4.69, 9.17) is 10.5 Å². The van der Waals surface area contributed by atoms with Gasteiger partial charge >= 0.3 is 0 Å². The van der Waals surface area contributed by atoms with Crippen molar-refractivity contribution in [1.29, 1.82) is 0 Å². The molecule has 3 heteroatoms. The fourth-order valence-electron chi connectivity index (χ4n) is 1.61. The zero-order valence-electron chi connectivity index (χ0n) is 9.95. The van der Waals surface area contributed by atoms with E-state index in [-0.39, 0.29) is 6.04 Å². The van der Waals surface area contributed by atoms with Crippen LogP contribution in [0.5, 0.6) is 0 Å². The average molecular weight is 286 g/mol. The van der Waals surface area contributed by atoms with E-state index in [1.54, 1.807) is 7.11 Å². The van der Waals surface area contributed by atoms with Crippen molar-refractivity contribution in [2.24, 2.45) is 11.7 Å². The highest BCUT2D eigenvalue weighted by Gasteiger charge is 2.12. The quantitative estimate of drug-likeness (QED) is 0.872. The first kappa shape index (κ1) is 13.7. The molecule has 0 saturated heterocycles. The molecule has 0 aliphatic carbocycles. The first-order valence-corrected chi connectivity index (χ1v) is 6.41. The molecule has 16 heavy (non-hydrogen) atoms. The second-order valence-corrected chi connectivity index (χ2v) is 5.17. The lowest BCUT2D eigenvalue weighted by Crippen LogP contribution is -2.31. The van der Waals surface area contributed by atoms with Gasteiger partial charge in [-0.3, -0.25) is 0 Å². The van der Waals surface area contributed by atoms with Crippen molar-refractivity contribution in [2.75, 3.05) is 13.7 Å². The molecule has 1 aromatic rings. The molecule has 0 spiro atoms. The maximum Gasteiger partial charge on any atom is 0.0465 e. The van der Waals surface area contributed by atoms with Gasteiger partial charge in [-0.2, -0.15) is 0 Å². The SMILES string of the molecule is COCCC(C)C(N)Cc1ccc(Br)cc1. The van der Waals surface area contributed by atoms with Gasteiger partial charge < -0.3 is 10.5 Å². The molecule has 90 valence electrons. The number of ether oxygens (including phenoxy) is 1. The molecule has 0 aliphatic rings. The van der Waals surface area contributed by atoms with Crippen LogP contribution in [-0.2, 0) is 11.2 Å². The van der Waals surface area contributed by atoms with Gasteiger partial charge in [0.15, 0.2) is 0 Å². The molecule has 0 amide bonds. The predicted molar refractivity (Wildman–Crippen MR) is 71.5 cm³/mol. The average Bonchev–Trinajstić information content (AvgIpc) is 2.29. The van der Waals surface area contributed by atoms with Gasteiger partial charge in [-0.05, 0) is 36.5 Å². The Labute approximate surface area is 106 Å². The lowest BCUT2D eigenvalue weighted by molar-refractivity contribution is 0.174. The fourth-order valence-corrected chi connectivity index (χ4v) is 1.88. The molecular weight excluding hydrogens is 266 g/mol. The van der Waals surface area contributed by atoms with Crippen LogP contribution < -0.4 is 5.73 Å². The van der Waals surface area contributed by atoms with Crippen LogP contribution in [0.1, 0.15) is 18.9 Å². The van der Waals surface area contributed by atoms with E-state index in [0.29, 0.717) is 5.92 Å². The highest BCUT2D eigenvalue weighted by molar-refractivity contribution is 9.10. The summed E-state index contributed by atoms with van der Waals surface area (Å²) in [6.07, 6.45) is 1.95. The molecular formula is C13H20BrNO. The molecule has 1 rings (SSSR count). The summed E-state index contributed by atoms with van der Waals surface area (Å²) in [5, 5.41) is 0. The summed E-state index contributed by atoms with van der Waals surface area (Å²) >= 11 is 3.43. The topological polar surface area (TPSA) is 35.2 Å². The van der Waals surface area contributed by atoms with Gasteiger partial charge in [0, 0.05) is 24.2 Å². The largest absolute Gasteiger partial charge is 0.385 e. The van der Waals surface area contributed by atoms with Crippen molar-refractivity contribution in [2.45, 2.75) is 25.8 Å². The number of nitrogens with two attached hydrogens (primary N) is 1. The molecule has 2 nitrogen and oxygen atoms in total. The first-order chi connectivity index (χ1) is 7.63. The highest BCUT2D eigenvalue weighted by atomic mass is 79.9. The van der Waals surface area contributed by atoms with E-state index in [2.05, 4.69) is 47.1 Å². The lowest BCUT2D eigenvalue weighted by atomic mass is 9.93. The zero-order valence-corrected chi connectivity index (χ0v) is 11.5. The van der Waals surface area contributed by atoms with E-state index in [1.165, 1.54) is 5.56 Å². The van der Waals surface area contributed by atoms with E-state index in [0.717, 1.165) is 23.9 Å². The van der Waals surface area contributed by atoms with E-state index in [9.17, 15) is 0 Å². The number of halogens is 1. The maximum atomic E-state index is 6.16. The van der Waals surface area contributed by atoms with Crippen LogP contribution in [-0.4, -0.2) is 19.8 Å². The molecule has 0 aromatic heterocycles. The normalized spacial score (nSPS) is 14.8. The summed E-state index contributed by atoms with van der Waals surface area (Å²) < 4.78 is 6.18. The summed E-state index contributed by atoms with van der Waals surface area (Å²) in [4.78, 5) is 0. The van der Waals surface area contributed by atoms with Crippen molar-refractivity contribution in [3.8, 4) is 0 Å². The van der Waals surface area contributed by atoms with Crippen LogP contribution in [0.3, 0.4) is 0 Å². The van der Waals surface area contributed by atoms with Crippen LogP contribution in [0.25, 0.3) is 0 Å². The van der Waals surface area contributed by atoms with Gasteiger partial charge in [0.2, 0.25) is 0 Å². The van der Waals surface area contributed by atoms with Crippen LogP contribution in [0.15, 0.2) is 28.7 Å². The van der Waals surface area contributed by atoms with Crippen LogP contribution in [0.4, 0.5) is 0 Å². The van der Waals surface area contributed by atoms with Gasteiger partial charge in [0.1, 0.15) is 0 Å². The summed E-state index contributed by atoms with van der Waals surface area (Å²) in [6.45, 7) is 2.97. The molecule has 0 bridgehead atoms. The molecule has 2 N–H and O–H groups in total. The van der Waals surface area contributed by atoms with E-state index in [1.807, 2.05) is 0 Å². The third-order valence-corrected chi connectivity index (χ3v) is 3.42. The van der Waals surface area contributed by atoms with Gasteiger partial charge in [-0.25, -0.2) is 0 Å². The first-order valence-electron chi connectivity index (χ1n) is 5.62. The van der Waals surface area contributed by atoms with Crippen molar-refractivity contribution in [3.63, 3.8) is 0 Å². The Morgan fingerprint density at radius 2 is 1.94 bits per heavy atom. The van der Waals surface area contributed by atoms with Gasteiger partial charge in [0.25, 0.3) is 0 Å². The molecule has 1 aromatic carbocycles. The lowest BCUT2D eigenvalue weighted by Gasteiger charge is -2.19. The van der Waals surface area contributed by atoms with Crippen LogP contribution in [0, 0.1) is 5.92 Å². The molecule has 2 unspecified atom stereocenters. The Balaban J connectivity index is 2.43. The minimum absolute atomic E-state index is 0.205. The summed E-state index contributed by atoms with van der Waals surface area (Å²) in [5.74, 6) is 0.489. The van der Waals surface area contributed by atoms with Crippen molar-refractivity contribution in [3.05, 3.63) is 34.3 Å². The van der Waals surface area contributed by atoms with Gasteiger partial charge in [-0.1, -0.05) is 35.0 Å². The van der Waals surface area contributed by atoms with Crippen LogP contribution in [0.2, 0.25) is 0 Å². The van der Waals surface area contributed by atoms with Crippen molar-refractivity contribution in [1.82, 2.24) is 0 Å². The molecule has 0 aliphatic heterocycles. The van der Waals surface area contributed by atoms with E-state index >= 15 is 0 Å².